The summed E-state index contributed by atoms with van der Waals surface area (Å²) in [5.74, 6) is -0.116. The maximum absolute atomic E-state index is 12.8. The molecule has 382 valence electrons. The van der Waals surface area contributed by atoms with Gasteiger partial charge in [0.2, 0.25) is 0 Å². The molecule has 76 heavy (non-hydrogen) atoms. The van der Waals surface area contributed by atoms with E-state index >= 15 is 0 Å². The first-order valence-corrected chi connectivity index (χ1v) is 26.6. The number of allylic oxidation sites excluding steroid dienone is 2. The van der Waals surface area contributed by atoms with Gasteiger partial charge in [0.1, 0.15) is 5.57 Å². The van der Waals surface area contributed by atoms with Crippen molar-refractivity contribution in [2.24, 2.45) is 0 Å². The molecule has 8 heteroatoms. The number of carbonyl (C=O) groups excluding carboxylic acids is 2. The van der Waals surface area contributed by atoms with Crippen LogP contribution >= 0.6 is 0 Å². The van der Waals surface area contributed by atoms with Gasteiger partial charge in [-0.15, -0.1) is 0 Å². The Hall–Kier alpha value is -8.54. The fourth-order valence-corrected chi connectivity index (χ4v) is 9.71. The Bertz CT molecular complexity index is 3680. The molecule has 5 heterocycles. The number of esters is 2. The topological polar surface area (TPSA) is 110 Å². The molecule has 2 aliphatic rings. The molecule has 3 aromatic heterocycles. The predicted octanol–water partition coefficient (Wildman–Crippen LogP) is 17.2. The molecule has 0 fully saturated rings. The Morgan fingerprint density at radius 2 is 0.829 bits per heavy atom. The van der Waals surface area contributed by atoms with Crippen molar-refractivity contribution in [2.75, 3.05) is 13.2 Å². The lowest BCUT2D eigenvalue weighted by Gasteiger charge is -2.10. The van der Waals surface area contributed by atoms with Crippen LogP contribution in [0.25, 0.3) is 97.0 Å². The van der Waals surface area contributed by atoms with E-state index in [1.165, 1.54) is 34.4 Å². The van der Waals surface area contributed by atoms with E-state index in [1.807, 2.05) is 6.08 Å². The Kier molecular flexibility index (Phi) is 15.8. The predicted molar refractivity (Wildman–Crippen MR) is 314 cm³/mol. The van der Waals surface area contributed by atoms with Gasteiger partial charge in [-0.3, -0.25) is 0 Å². The third-order valence-corrected chi connectivity index (χ3v) is 14.0. The lowest BCUT2D eigenvalue weighted by Crippen LogP contribution is -2.18. The van der Waals surface area contributed by atoms with E-state index in [0.717, 1.165) is 94.9 Å². The van der Waals surface area contributed by atoms with Crippen LogP contribution in [-0.4, -0.2) is 45.1 Å². The van der Waals surface area contributed by atoms with Gasteiger partial charge in [0, 0.05) is 44.4 Å². The molecule has 7 aromatic rings. The molecule has 0 amide bonds. The van der Waals surface area contributed by atoms with Crippen molar-refractivity contribution in [3.8, 4) is 44.5 Å². The largest absolute Gasteiger partial charge is 0.462 e. The van der Waals surface area contributed by atoms with Crippen LogP contribution < -0.4 is 0 Å². The summed E-state index contributed by atoms with van der Waals surface area (Å²) in [6.07, 6.45) is 13.2. The Labute approximate surface area is 447 Å². The second kappa shape index (κ2) is 22.9. The minimum atomic E-state index is -0.771. The number of nitrogens with one attached hydrogen (secondary N) is 2. The average Bonchev–Trinajstić information content (AvgIpc) is 4.27. The van der Waals surface area contributed by atoms with Crippen LogP contribution in [0, 0.1) is 0 Å². The van der Waals surface area contributed by atoms with E-state index < -0.39 is 11.9 Å². The molecule has 0 unspecified atom stereocenters. The first kappa shape index (κ1) is 52.3. The number of aromatic nitrogens is 4. The summed E-state index contributed by atoms with van der Waals surface area (Å²) in [4.78, 5) is 44.7. The summed E-state index contributed by atoms with van der Waals surface area (Å²) in [6, 6.07) is 41.7. The molecule has 2 aliphatic heterocycles. The van der Waals surface area contributed by atoms with Gasteiger partial charge in [0.15, 0.2) is 0 Å². The molecule has 4 aromatic carbocycles. The van der Waals surface area contributed by atoms with Gasteiger partial charge in [-0.2, -0.15) is 0 Å². The van der Waals surface area contributed by atoms with Gasteiger partial charge in [0.05, 0.1) is 41.5 Å². The summed E-state index contributed by atoms with van der Waals surface area (Å²) in [6.45, 7) is 21.3. The van der Waals surface area contributed by atoms with E-state index in [-0.39, 0.29) is 18.8 Å². The lowest BCUT2D eigenvalue weighted by atomic mass is 9.97. The molecule has 0 atom stereocenters. The first-order chi connectivity index (χ1) is 36.7. The lowest BCUT2D eigenvalue weighted by molar-refractivity contribution is -0.146. The molecule has 0 saturated heterocycles. The van der Waals surface area contributed by atoms with Gasteiger partial charge in [-0.05, 0) is 143 Å². The number of carbonyl (C=O) groups is 2. The van der Waals surface area contributed by atoms with E-state index in [2.05, 4.69) is 216 Å². The third kappa shape index (κ3) is 11.1. The van der Waals surface area contributed by atoms with E-state index in [4.69, 9.17) is 19.4 Å². The van der Waals surface area contributed by atoms with Gasteiger partial charge < -0.3 is 19.4 Å². The van der Waals surface area contributed by atoms with Crippen molar-refractivity contribution in [1.82, 2.24) is 19.9 Å². The zero-order valence-electron chi connectivity index (χ0n) is 45.3. The summed E-state index contributed by atoms with van der Waals surface area (Å²) in [5, 5.41) is 0. The van der Waals surface area contributed by atoms with Crippen molar-refractivity contribution in [3.63, 3.8) is 0 Å². The maximum atomic E-state index is 12.8. The van der Waals surface area contributed by atoms with Gasteiger partial charge in [0.25, 0.3) is 0 Å². The smallest absolute Gasteiger partial charge is 0.345 e. The average molecular weight is 1000 g/mol. The normalized spacial score (nSPS) is 11.8. The fraction of sp³-hybridized carbons (Fsp3) is 0.235. The quantitative estimate of drug-likeness (QED) is 0.0280. The summed E-state index contributed by atoms with van der Waals surface area (Å²) in [5.41, 5.74) is 26.4. The van der Waals surface area contributed by atoms with Crippen LogP contribution in [0.1, 0.15) is 144 Å². The molecule has 0 saturated carbocycles. The molecular formula is C68H66N4O4. The van der Waals surface area contributed by atoms with Crippen LogP contribution in [0.4, 0.5) is 0 Å². The number of aromatic amines is 2. The number of H-pyrrole nitrogens is 2. The molecular weight excluding hydrogens is 937 g/mol. The highest BCUT2D eigenvalue weighted by molar-refractivity contribution is 6.14. The second-order valence-electron chi connectivity index (χ2n) is 20.5. The minimum absolute atomic E-state index is 0.109. The third-order valence-electron chi connectivity index (χ3n) is 14.0. The first-order valence-electron chi connectivity index (χ1n) is 26.6. The van der Waals surface area contributed by atoms with Crippen LogP contribution in [-0.2, 0) is 19.1 Å². The number of fused-ring (bicyclic) bond motifs is 8. The monoisotopic (exact) mass is 1000 g/mol. The molecule has 8 bridgehead atoms. The summed E-state index contributed by atoms with van der Waals surface area (Å²) >= 11 is 0. The van der Waals surface area contributed by atoms with Gasteiger partial charge >= 0.3 is 11.9 Å². The van der Waals surface area contributed by atoms with Crippen molar-refractivity contribution in [3.05, 3.63) is 195 Å². The highest BCUT2D eigenvalue weighted by Gasteiger charge is 2.22. The second-order valence-corrected chi connectivity index (χ2v) is 20.5. The number of rotatable bonds is 14. The van der Waals surface area contributed by atoms with Crippen LogP contribution in [0.15, 0.2) is 144 Å². The van der Waals surface area contributed by atoms with E-state index in [1.54, 1.807) is 13.8 Å². The molecule has 8 nitrogen and oxygen atoms in total. The van der Waals surface area contributed by atoms with Crippen molar-refractivity contribution in [2.45, 2.75) is 92.9 Å². The number of nitrogens with zero attached hydrogens (tertiary/aromatic N) is 2. The molecule has 0 radical (unpaired) electrons. The molecule has 2 N–H and O–H groups in total. The van der Waals surface area contributed by atoms with E-state index in [9.17, 15) is 9.59 Å². The highest BCUT2D eigenvalue weighted by atomic mass is 16.6. The number of hydrogen-bond acceptors (Lipinski definition) is 6. The zero-order chi connectivity index (χ0) is 53.6. The van der Waals surface area contributed by atoms with Gasteiger partial charge in [-0.1, -0.05) is 164 Å². The fourth-order valence-electron chi connectivity index (χ4n) is 9.71. The molecule has 9 rings (SSSR count). The maximum Gasteiger partial charge on any atom is 0.345 e. The Morgan fingerprint density at radius 1 is 0.474 bits per heavy atom. The SMILES string of the molecule is CCOC(=O)C(=CC=C=C=Cc1cc2[nH]c1c(-c1ccc(C(C)C)cc1)c1nc(c(-c3ccc(C(C)C)cc3)c3ccc([nH]3)c(-c3ccc(C(C)C)cc3)c3nc(c2-c2ccc(C(C)C)cc2)C=C3)C=C1)C(=O)OCC. The van der Waals surface area contributed by atoms with Crippen LogP contribution in [0.5, 0.6) is 0 Å². The van der Waals surface area contributed by atoms with Crippen molar-refractivity contribution in [1.29, 1.82) is 0 Å². The molecule has 0 aliphatic carbocycles. The number of benzene rings is 4. The minimum Gasteiger partial charge on any atom is -0.462 e. The van der Waals surface area contributed by atoms with Crippen LogP contribution in [0.3, 0.4) is 0 Å². The Balaban J connectivity index is 1.45. The van der Waals surface area contributed by atoms with E-state index in [0.29, 0.717) is 23.7 Å². The summed E-state index contributed by atoms with van der Waals surface area (Å²) in [7, 11) is 0. The van der Waals surface area contributed by atoms with Gasteiger partial charge in [-0.25, -0.2) is 19.6 Å². The zero-order valence-corrected chi connectivity index (χ0v) is 45.3. The molecule has 0 spiro atoms. The standard InChI is InChI=1S/C68H66N4O4/c1-11-75-67(73)54(68(74)76-12-2)17-15-13-14-16-53-40-61-64(51-30-22-47(23-31-51)43(7)8)59-37-36-57(70-59)62(49-26-18-45(19-27-49)41(3)4)55-34-35-56(69-55)63(50-28-20-46(21-29-50)42(5)6)58-38-39-60(71-58)65(66(53)72-61)52-32-24-48(25-33-52)44(9)10/h15-44,69,72H,11-12H2,1-10H3. The highest BCUT2D eigenvalue weighted by Crippen LogP contribution is 2.41. The van der Waals surface area contributed by atoms with Crippen LogP contribution in [0.2, 0.25) is 0 Å². The summed E-state index contributed by atoms with van der Waals surface area (Å²) < 4.78 is 10.3. The van der Waals surface area contributed by atoms with Crippen molar-refractivity contribution < 1.29 is 19.1 Å². The number of ether oxygens (including phenoxy) is 2. The Morgan fingerprint density at radius 3 is 1.20 bits per heavy atom. The van der Waals surface area contributed by atoms with Crippen molar-refractivity contribution >= 4 is 64.4 Å². The number of hydrogen-bond donors (Lipinski definition) is 2.